The van der Waals surface area contributed by atoms with Gasteiger partial charge in [-0.2, -0.15) is 13.2 Å². The smallest absolute Gasteiger partial charge is 0.416 e. The Labute approximate surface area is 154 Å². The number of halogens is 3. The Morgan fingerprint density at radius 3 is 2.44 bits per heavy atom. The van der Waals surface area contributed by atoms with Crippen LogP contribution in [-0.4, -0.2) is 17.4 Å². The number of carbonyl (C=O) groups excluding carboxylic acids is 1. The van der Waals surface area contributed by atoms with Crippen molar-refractivity contribution in [2.45, 2.75) is 20.0 Å². The van der Waals surface area contributed by atoms with E-state index < -0.39 is 11.7 Å². The Kier molecular flexibility index (Phi) is 5.03. The van der Waals surface area contributed by atoms with E-state index in [1.807, 2.05) is 38.1 Å². The van der Waals surface area contributed by atoms with Crippen molar-refractivity contribution in [1.82, 2.24) is 4.98 Å². The summed E-state index contributed by atoms with van der Waals surface area (Å²) in [6, 6.07) is 11.9. The molecule has 2 aromatic carbocycles. The number of aryl methyl sites for hydroxylation is 1. The molecule has 0 saturated heterocycles. The van der Waals surface area contributed by atoms with Gasteiger partial charge in [0.1, 0.15) is 6.26 Å². The molecule has 27 heavy (non-hydrogen) atoms. The van der Waals surface area contributed by atoms with E-state index in [1.165, 1.54) is 18.4 Å². The molecule has 0 unspecified atom stereocenters. The Balaban J connectivity index is 1.85. The molecule has 0 atom stereocenters. The molecule has 3 aromatic rings. The molecule has 1 amide bonds. The molecular weight excluding hydrogens is 357 g/mol. The fourth-order valence-corrected chi connectivity index (χ4v) is 2.68. The van der Waals surface area contributed by atoms with E-state index in [9.17, 15) is 18.0 Å². The van der Waals surface area contributed by atoms with Crippen LogP contribution in [0.15, 0.2) is 59.2 Å². The molecule has 4 nitrogen and oxygen atoms in total. The largest absolute Gasteiger partial charge is 0.444 e. The first-order valence-electron chi connectivity index (χ1n) is 8.31. The lowest BCUT2D eigenvalue weighted by atomic mass is 10.1. The number of anilines is 1. The zero-order valence-electron chi connectivity index (χ0n) is 14.7. The number of alkyl halides is 3. The third-order valence-corrected chi connectivity index (χ3v) is 4.06. The van der Waals surface area contributed by atoms with Crippen LogP contribution in [0.1, 0.15) is 28.5 Å². The highest BCUT2D eigenvalue weighted by atomic mass is 19.4. The summed E-state index contributed by atoms with van der Waals surface area (Å²) in [5.41, 5.74) is 1.45. The van der Waals surface area contributed by atoms with Crippen molar-refractivity contribution in [3.05, 3.63) is 71.6 Å². The van der Waals surface area contributed by atoms with Crippen LogP contribution in [0, 0.1) is 6.92 Å². The van der Waals surface area contributed by atoms with E-state index in [0.717, 1.165) is 23.4 Å². The summed E-state index contributed by atoms with van der Waals surface area (Å²) in [4.78, 5) is 18.5. The van der Waals surface area contributed by atoms with Gasteiger partial charge < -0.3 is 9.32 Å². The van der Waals surface area contributed by atoms with Crippen LogP contribution in [0.3, 0.4) is 0 Å². The Morgan fingerprint density at radius 2 is 1.85 bits per heavy atom. The van der Waals surface area contributed by atoms with E-state index in [-0.39, 0.29) is 17.5 Å². The van der Waals surface area contributed by atoms with E-state index in [1.54, 1.807) is 4.90 Å². The van der Waals surface area contributed by atoms with Gasteiger partial charge in [-0.15, -0.1) is 0 Å². The molecule has 0 saturated carbocycles. The molecule has 0 aliphatic rings. The van der Waals surface area contributed by atoms with Gasteiger partial charge in [0.2, 0.25) is 5.89 Å². The summed E-state index contributed by atoms with van der Waals surface area (Å²) in [6.07, 6.45) is -3.19. The Bertz CT molecular complexity index is 946. The molecule has 0 fully saturated rings. The molecule has 0 N–H and O–H groups in total. The number of rotatable bonds is 4. The lowest BCUT2D eigenvalue weighted by Gasteiger charge is -2.20. The summed E-state index contributed by atoms with van der Waals surface area (Å²) < 4.78 is 43.3. The quantitative estimate of drug-likeness (QED) is 0.620. The van der Waals surface area contributed by atoms with E-state index in [2.05, 4.69) is 4.98 Å². The van der Waals surface area contributed by atoms with Crippen LogP contribution in [-0.2, 0) is 6.18 Å². The number of amides is 1. The fraction of sp³-hybridized carbons (Fsp3) is 0.200. The van der Waals surface area contributed by atoms with Gasteiger partial charge in [-0.1, -0.05) is 12.1 Å². The SMILES string of the molecule is CCN(C(=O)c1coc(-c2ccc(C(F)(F)F)cc2)n1)c1cccc(C)c1. The molecule has 0 bridgehead atoms. The van der Waals surface area contributed by atoms with E-state index >= 15 is 0 Å². The fourth-order valence-electron chi connectivity index (χ4n) is 2.68. The van der Waals surface area contributed by atoms with Gasteiger partial charge >= 0.3 is 6.18 Å². The second-order valence-electron chi connectivity index (χ2n) is 6.00. The van der Waals surface area contributed by atoms with E-state index in [4.69, 9.17) is 4.42 Å². The standard InChI is InChI=1S/C20H17F3N2O2/c1-3-25(16-6-4-5-13(2)11-16)19(26)17-12-27-18(24-17)14-7-9-15(10-8-14)20(21,22)23/h4-12H,3H2,1-2H3. The number of benzene rings is 2. The van der Waals surface area contributed by atoms with Crippen LogP contribution in [0.4, 0.5) is 18.9 Å². The van der Waals surface area contributed by atoms with Crippen molar-refractivity contribution in [3.63, 3.8) is 0 Å². The summed E-state index contributed by atoms with van der Waals surface area (Å²) >= 11 is 0. The molecular formula is C20H17F3N2O2. The van der Waals surface area contributed by atoms with Crippen LogP contribution >= 0.6 is 0 Å². The molecule has 0 spiro atoms. The Morgan fingerprint density at radius 1 is 1.15 bits per heavy atom. The number of carbonyl (C=O) groups is 1. The lowest BCUT2D eigenvalue weighted by Crippen LogP contribution is -2.30. The first kappa shape index (κ1) is 18.7. The van der Waals surface area contributed by atoms with Gasteiger partial charge in [0.05, 0.1) is 5.56 Å². The molecule has 1 heterocycles. The average molecular weight is 374 g/mol. The van der Waals surface area contributed by atoms with Gasteiger partial charge in [-0.3, -0.25) is 4.79 Å². The van der Waals surface area contributed by atoms with Gasteiger partial charge in [0, 0.05) is 17.8 Å². The number of aromatic nitrogens is 1. The second-order valence-corrected chi connectivity index (χ2v) is 6.00. The summed E-state index contributed by atoms with van der Waals surface area (Å²) in [7, 11) is 0. The zero-order valence-corrected chi connectivity index (χ0v) is 14.7. The number of hydrogen-bond donors (Lipinski definition) is 0. The minimum Gasteiger partial charge on any atom is -0.444 e. The number of oxazole rings is 1. The molecule has 3 rings (SSSR count). The normalized spacial score (nSPS) is 11.4. The first-order chi connectivity index (χ1) is 12.8. The Hall–Kier alpha value is -3.09. The zero-order chi connectivity index (χ0) is 19.6. The van der Waals surface area contributed by atoms with Crippen molar-refractivity contribution in [2.24, 2.45) is 0 Å². The van der Waals surface area contributed by atoms with Crippen LogP contribution in [0.25, 0.3) is 11.5 Å². The van der Waals surface area contributed by atoms with Crippen molar-refractivity contribution < 1.29 is 22.4 Å². The number of nitrogens with zero attached hydrogens (tertiary/aromatic N) is 2. The van der Waals surface area contributed by atoms with Gasteiger partial charge in [0.15, 0.2) is 5.69 Å². The van der Waals surface area contributed by atoms with Gasteiger partial charge in [-0.05, 0) is 55.8 Å². The maximum Gasteiger partial charge on any atom is 0.416 e. The highest BCUT2D eigenvalue weighted by molar-refractivity contribution is 6.04. The maximum atomic E-state index is 12.8. The van der Waals surface area contributed by atoms with Crippen LogP contribution in [0.5, 0.6) is 0 Å². The van der Waals surface area contributed by atoms with Crippen LogP contribution < -0.4 is 4.90 Å². The van der Waals surface area contributed by atoms with E-state index in [0.29, 0.717) is 12.1 Å². The minimum atomic E-state index is -4.41. The summed E-state index contributed by atoms with van der Waals surface area (Å²) in [5, 5.41) is 0. The third kappa shape index (κ3) is 4.02. The molecule has 1 aromatic heterocycles. The maximum absolute atomic E-state index is 12.8. The third-order valence-electron chi connectivity index (χ3n) is 4.06. The predicted octanol–water partition coefficient (Wildman–Crippen LogP) is 5.34. The predicted molar refractivity (Wildman–Crippen MR) is 95.5 cm³/mol. The van der Waals surface area contributed by atoms with Crippen molar-refractivity contribution in [3.8, 4) is 11.5 Å². The van der Waals surface area contributed by atoms with Gasteiger partial charge in [-0.25, -0.2) is 4.98 Å². The minimum absolute atomic E-state index is 0.0902. The second kappa shape index (κ2) is 7.26. The monoisotopic (exact) mass is 374 g/mol. The molecule has 0 aliphatic heterocycles. The highest BCUT2D eigenvalue weighted by Gasteiger charge is 2.30. The summed E-state index contributed by atoms with van der Waals surface area (Å²) in [6.45, 7) is 4.21. The molecule has 0 radical (unpaired) electrons. The van der Waals surface area contributed by atoms with Crippen molar-refractivity contribution in [2.75, 3.05) is 11.4 Å². The van der Waals surface area contributed by atoms with Crippen LogP contribution in [0.2, 0.25) is 0 Å². The molecule has 140 valence electrons. The van der Waals surface area contributed by atoms with Crippen molar-refractivity contribution >= 4 is 11.6 Å². The highest BCUT2D eigenvalue weighted by Crippen LogP contribution is 2.31. The first-order valence-corrected chi connectivity index (χ1v) is 8.31. The topological polar surface area (TPSA) is 46.3 Å². The van der Waals surface area contributed by atoms with Gasteiger partial charge in [0.25, 0.3) is 5.91 Å². The van der Waals surface area contributed by atoms with Crippen molar-refractivity contribution in [1.29, 1.82) is 0 Å². The average Bonchev–Trinajstić information content (AvgIpc) is 3.12. The molecule has 0 aliphatic carbocycles. The number of hydrogen-bond acceptors (Lipinski definition) is 3. The summed E-state index contributed by atoms with van der Waals surface area (Å²) in [5.74, 6) is -0.252. The molecule has 7 heteroatoms. The lowest BCUT2D eigenvalue weighted by molar-refractivity contribution is -0.137.